The summed E-state index contributed by atoms with van der Waals surface area (Å²) >= 11 is 9.59. The number of hydrogen-bond donors (Lipinski definition) is 1. The lowest BCUT2D eigenvalue weighted by atomic mass is 10.0. The number of hydrogen-bond acceptors (Lipinski definition) is 5. The molecule has 6 nitrogen and oxygen atoms in total. The van der Waals surface area contributed by atoms with E-state index < -0.39 is 0 Å². The molecule has 2 aromatic carbocycles. The van der Waals surface area contributed by atoms with Crippen molar-refractivity contribution in [1.82, 2.24) is 15.1 Å². The summed E-state index contributed by atoms with van der Waals surface area (Å²) in [5.41, 5.74) is 2.92. The Kier molecular flexibility index (Phi) is 7.64. The number of amides is 2. The second-order valence-electron chi connectivity index (χ2n) is 8.50. The van der Waals surface area contributed by atoms with Gasteiger partial charge in [0.05, 0.1) is 26.6 Å². The number of halogens is 2. The van der Waals surface area contributed by atoms with Crippen molar-refractivity contribution in [2.45, 2.75) is 18.6 Å². The molecule has 190 valence electrons. The van der Waals surface area contributed by atoms with Crippen LogP contribution in [-0.2, 0) is 9.59 Å². The van der Waals surface area contributed by atoms with Gasteiger partial charge in [0.25, 0.3) is 0 Å². The Morgan fingerprint density at radius 2 is 1.95 bits per heavy atom. The minimum atomic E-state index is -0.335. The summed E-state index contributed by atoms with van der Waals surface area (Å²) in [7, 11) is 0. The van der Waals surface area contributed by atoms with E-state index in [1.54, 1.807) is 22.9 Å². The normalized spacial score (nSPS) is 15.4. The van der Waals surface area contributed by atoms with E-state index in [9.17, 15) is 14.0 Å². The molecule has 1 N–H and O–H groups in total. The molecule has 37 heavy (non-hydrogen) atoms. The predicted octanol–water partition coefficient (Wildman–Crippen LogP) is 6.09. The number of thiophene rings is 1. The van der Waals surface area contributed by atoms with Crippen LogP contribution in [0.5, 0.6) is 0 Å². The van der Waals surface area contributed by atoms with E-state index in [4.69, 9.17) is 16.7 Å². The molecule has 0 saturated carbocycles. The maximum Gasteiger partial charge on any atom is 0.240 e. The summed E-state index contributed by atoms with van der Waals surface area (Å²) in [5.74, 6) is -0.167. The average Bonchev–Trinajstić information content (AvgIpc) is 3.53. The lowest BCUT2D eigenvalue weighted by molar-refractivity contribution is -0.122. The third kappa shape index (κ3) is 5.16. The summed E-state index contributed by atoms with van der Waals surface area (Å²) in [4.78, 5) is 28.9. The van der Waals surface area contributed by atoms with Crippen LogP contribution in [0.4, 0.5) is 10.2 Å². The Morgan fingerprint density at radius 1 is 1.16 bits per heavy atom. The van der Waals surface area contributed by atoms with Crippen LogP contribution in [0.2, 0.25) is 5.02 Å². The quantitative estimate of drug-likeness (QED) is 0.300. The second kappa shape index (κ2) is 11.1. The number of carbonyl (C=O) groups excluding carboxylic acids is 2. The lowest BCUT2D eigenvalue weighted by Crippen LogP contribution is -2.42. The van der Waals surface area contributed by atoms with Crippen molar-refractivity contribution in [2.75, 3.05) is 23.7 Å². The molecule has 0 unspecified atom stereocenters. The van der Waals surface area contributed by atoms with Crippen LogP contribution < -0.4 is 10.2 Å². The number of nitrogens with one attached hydrogen (secondary N) is 1. The van der Waals surface area contributed by atoms with Crippen LogP contribution in [0.3, 0.4) is 0 Å². The molecule has 1 atom stereocenters. The Labute approximate surface area is 227 Å². The van der Waals surface area contributed by atoms with Gasteiger partial charge in [0.1, 0.15) is 23.9 Å². The van der Waals surface area contributed by atoms with Gasteiger partial charge in [-0.1, -0.05) is 48.9 Å². The first kappa shape index (κ1) is 25.5. The summed E-state index contributed by atoms with van der Waals surface area (Å²) < 4.78 is 15.5. The summed E-state index contributed by atoms with van der Waals surface area (Å²) in [6, 6.07) is 17.5. The van der Waals surface area contributed by atoms with Gasteiger partial charge in [-0.25, -0.2) is 9.07 Å². The molecule has 4 aromatic rings. The van der Waals surface area contributed by atoms with E-state index in [1.165, 1.54) is 40.1 Å². The maximum atomic E-state index is 13.8. The number of aromatic nitrogens is 2. The molecule has 10 heteroatoms. The summed E-state index contributed by atoms with van der Waals surface area (Å²) in [6.45, 7) is 2.34. The number of carbonyl (C=O) groups is 2. The first-order valence-electron chi connectivity index (χ1n) is 11.8. The van der Waals surface area contributed by atoms with Crippen LogP contribution in [0, 0.1) is 5.82 Å². The van der Waals surface area contributed by atoms with Gasteiger partial charge in [0.15, 0.2) is 0 Å². The first-order valence-corrected chi connectivity index (χ1v) is 14.1. The number of fused-ring (bicyclic) bond motifs is 1. The van der Waals surface area contributed by atoms with Crippen LogP contribution in [0.25, 0.3) is 16.3 Å². The third-order valence-electron chi connectivity index (χ3n) is 5.97. The molecule has 0 radical (unpaired) electrons. The van der Waals surface area contributed by atoms with Crippen LogP contribution in [-0.4, -0.2) is 40.4 Å². The van der Waals surface area contributed by atoms with Crippen molar-refractivity contribution in [3.63, 3.8) is 0 Å². The van der Waals surface area contributed by atoms with Crippen molar-refractivity contribution >= 4 is 52.3 Å². The molecule has 0 spiro atoms. The van der Waals surface area contributed by atoms with Gasteiger partial charge in [-0.2, -0.15) is 5.10 Å². The standard InChI is InChI=1S/C27H24ClFN4O2S2/c1-2-13-30-22(34)15-32-23(35)16-37-26(17-9-11-18(29)12-10-17)24-25(21-8-5-14-36-21)31-33(27(24)32)20-7-4-3-6-19(20)28/h3-12,14,26H,2,13,15-16H2,1H3,(H,30,34)/t26-/m0/s1. The molecule has 3 heterocycles. The van der Waals surface area contributed by atoms with E-state index >= 15 is 0 Å². The highest BCUT2D eigenvalue weighted by molar-refractivity contribution is 8.00. The van der Waals surface area contributed by atoms with Crippen molar-refractivity contribution < 1.29 is 14.0 Å². The number of nitrogens with zero attached hydrogens (tertiary/aromatic N) is 3. The number of anilines is 1. The second-order valence-corrected chi connectivity index (χ2v) is 10.9. The van der Waals surface area contributed by atoms with E-state index in [2.05, 4.69) is 5.32 Å². The number of benzene rings is 2. The highest BCUT2D eigenvalue weighted by Crippen LogP contribution is 2.49. The Hall–Kier alpha value is -3.14. The zero-order valence-corrected chi connectivity index (χ0v) is 22.4. The molecule has 2 amide bonds. The van der Waals surface area contributed by atoms with Gasteiger partial charge >= 0.3 is 0 Å². The van der Waals surface area contributed by atoms with E-state index in [0.29, 0.717) is 28.8 Å². The molecule has 1 aliphatic heterocycles. The predicted molar refractivity (Wildman–Crippen MR) is 148 cm³/mol. The van der Waals surface area contributed by atoms with E-state index in [0.717, 1.165) is 22.4 Å². The van der Waals surface area contributed by atoms with Gasteiger partial charge in [0.2, 0.25) is 11.8 Å². The molecule has 0 saturated heterocycles. The molecule has 2 aromatic heterocycles. The van der Waals surface area contributed by atoms with Crippen LogP contribution in [0.1, 0.15) is 29.7 Å². The van der Waals surface area contributed by atoms with Gasteiger partial charge in [-0.3, -0.25) is 14.5 Å². The highest BCUT2D eigenvalue weighted by Gasteiger charge is 2.38. The molecule has 0 bridgehead atoms. The Bertz CT molecular complexity index is 1420. The Balaban J connectivity index is 1.78. The van der Waals surface area contributed by atoms with Crippen LogP contribution >= 0.6 is 34.7 Å². The monoisotopic (exact) mass is 554 g/mol. The topological polar surface area (TPSA) is 67.2 Å². The molecular weight excluding hydrogens is 531 g/mol. The maximum absolute atomic E-state index is 13.8. The zero-order chi connectivity index (χ0) is 25.9. The van der Waals surface area contributed by atoms with E-state index in [-0.39, 0.29) is 35.2 Å². The van der Waals surface area contributed by atoms with Gasteiger partial charge in [-0.15, -0.1) is 23.1 Å². The fraction of sp³-hybridized carbons (Fsp3) is 0.222. The minimum Gasteiger partial charge on any atom is -0.355 e. The van der Waals surface area contributed by atoms with Crippen molar-refractivity contribution in [1.29, 1.82) is 0 Å². The fourth-order valence-electron chi connectivity index (χ4n) is 4.27. The summed E-state index contributed by atoms with van der Waals surface area (Å²) in [6.07, 6.45) is 0.785. The molecule has 5 rings (SSSR count). The van der Waals surface area contributed by atoms with Crippen molar-refractivity contribution in [3.8, 4) is 16.3 Å². The molecular formula is C27H24ClFN4O2S2. The zero-order valence-electron chi connectivity index (χ0n) is 20.0. The first-order chi connectivity index (χ1) is 18.0. The summed E-state index contributed by atoms with van der Waals surface area (Å²) in [5, 5.41) is 9.96. The lowest BCUT2D eigenvalue weighted by Gasteiger charge is -2.23. The fourth-order valence-corrected chi connectivity index (χ4v) is 6.41. The number of thioether (sulfide) groups is 1. The third-order valence-corrected chi connectivity index (χ3v) is 8.42. The molecule has 0 fully saturated rings. The smallest absolute Gasteiger partial charge is 0.240 e. The SMILES string of the molecule is CCCNC(=O)CN1C(=O)CS[C@@H](c2ccc(F)cc2)c2c(-c3cccs3)nn(-c3ccccc3Cl)c21. The van der Waals surface area contributed by atoms with Crippen molar-refractivity contribution in [3.05, 3.63) is 88.0 Å². The van der Waals surface area contributed by atoms with Crippen LogP contribution in [0.15, 0.2) is 66.0 Å². The average molecular weight is 555 g/mol. The Morgan fingerprint density at radius 3 is 2.65 bits per heavy atom. The molecule has 1 aliphatic rings. The number of rotatable bonds is 7. The van der Waals surface area contributed by atoms with E-state index in [1.807, 2.05) is 42.6 Å². The van der Waals surface area contributed by atoms with Gasteiger partial charge in [0, 0.05) is 12.1 Å². The minimum absolute atomic E-state index is 0.143. The van der Waals surface area contributed by atoms with Crippen molar-refractivity contribution in [2.24, 2.45) is 0 Å². The number of para-hydroxylation sites is 1. The molecule has 0 aliphatic carbocycles. The highest BCUT2D eigenvalue weighted by atomic mass is 35.5. The van der Waals surface area contributed by atoms with Gasteiger partial charge in [-0.05, 0) is 47.7 Å². The van der Waals surface area contributed by atoms with Gasteiger partial charge < -0.3 is 5.32 Å². The largest absolute Gasteiger partial charge is 0.355 e.